The van der Waals surface area contributed by atoms with Gasteiger partial charge in [-0.2, -0.15) is 11.8 Å². The summed E-state index contributed by atoms with van der Waals surface area (Å²) in [4.78, 5) is 0. The smallest absolute Gasteiger partial charge is 0.0205 e. The second kappa shape index (κ2) is 7.20. The summed E-state index contributed by atoms with van der Waals surface area (Å²) in [5.41, 5.74) is 2.87. The second-order valence-corrected chi connectivity index (χ2v) is 6.92. The molecule has 1 unspecified atom stereocenters. The Bertz CT molecular complexity index is 339. The quantitative estimate of drug-likeness (QED) is 0.839. The number of hydrogen-bond acceptors (Lipinski definition) is 2. The monoisotopic (exact) mass is 263 g/mol. The van der Waals surface area contributed by atoms with Gasteiger partial charge in [-0.1, -0.05) is 38.1 Å². The molecule has 1 aliphatic heterocycles. The van der Waals surface area contributed by atoms with Crippen LogP contribution in [0.25, 0.3) is 0 Å². The molecule has 1 aromatic rings. The van der Waals surface area contributed by atoms with Crippen molar-refractivity contribution < 1.29 is 0 Å². The Kier molecular flexibility index (Phi) is 5.58. The highest BCUT2D eigenvalue weighted by atomic mass is 32.2. The maximum atomic E-state index is 3.59. The minimum Gasteiger partial charge on any atom is -0.312 e. The molecule has 0 aromatic heterocycles. The summed E-state index contributed by atoms with van der Waals surface area (Å²) in [5.74, 6) is 4.35. The lowest BCUT2D eigenvalue weighted by Crippen LogP contribution is -2.22. The Balaban J connectivity index is 1.72. The number of benzene rings is 1. The summed E-state index contributed by atoms with van der Waals surface area (Å²) in [5, 5.41) is 3.59. The minimum absolute atomic E-state index is 0.744. The third-order valence-corrected chi connectivity index (χ3v) is 4.68. The molecule has 18 heavy (non-hydrogen) atoms. The van der Waals surface area contributed by atoms with Crippen molar-refractivity contribution >= 4 is 11.8 Å². The molecule has 1 saturated heterocycles. The molecule has 2 heteroatoms. The normalized spacial score (nSPS) is 19.6. The highest BCUT2D eigenvalue weighted by molar-refractivity contribution is 7.99. The Morgan fingerprint density at radius 3 is 2.56 bits per heavy atom. The van der Waals surface area contributed by atoms with Crippen molar-refractivity contribution in [3.63, 3.8) is 0 Å². The molecule has 0 amide bonds. The number of thioether (sulfide) groups is 1. The predicted octanol–water partition coefficient (Wildman–Crippen LogP) is 3.73. The Labute approximate surface area is 116 Å². The summed E-state index contributed by atoms with van der Waals surface area (Å²) in [6.45, 7) is 6.74. The number of hydrogen-bond donors (Lipinski definition) is 1. The summed E-state index contributed by atoms with van der Waals surface area (Å²) >= 11 is 2.10. The van der Waals surface area contributed by atoms with E-state index in [-0.39, 0.29) is 0 Å². The van der Waals surface area contributed by atoms with Gasteiger partial charge in [0.1, 0.15) is 0 Å². The zero-order valence-corrected chi connectivity index (χ0v) is 12.4. The van der Waals surface area contributed by atoms with Crippen LogP contribution in [0.3, 0.4) is 0 Å². The van der Waals surface area contributed by atoms with Gasteiger partial charge in [0.15, 0.2) is 0 Å². The van der Waals surface area contributed by atoms with Gasteiger partial charge in [-0.25, -0.2) is 0 Å². The van der Waals surface area contributed by atoms with Crippen molar-refractivity contribution in [1.82, 2.24) is 5.32 Å². The van der Waals surface area contributed by atoms with E-state index in [1.165, 1.54) is 42.0 Å². The van der Waals surface area contributed by atoms with Crippen LogP contribution in [0.15, 0.2) is 24.3 Å². The minimum atomic E-state index is 0.744. The zero-order valence-electron chi connectivity index (χ0n) is 11.6. The van der Waals surface area contributed by atoms with E-state index < -0.39 is 0 Å². The highest BCUT2D eigenvalue weighted by Crippen LogP contribution is 2.22. The molecule has 0 radical (unpaired) electrons. The van der Waals surface area contributed by atoms with Crippen LogP contribution in [0.5, 0.6) is 0 Å². The van der Waals surface area contributed by atoms with Crippen LogP contribution in [0.2, 0.25) is 0 Å². The van der Waals surface area contributed by atoms with Crippen LogP contribution < -0.4 is 5.32 Å². The van der Waals surface area contributed by atoms with E-state index >= 15 is 0 Å². The van der Waals surface area contributed by atoms with Crippen molar-refractivity contribution in [2.24, 2.45) is 11.8 Å². The molecule has 1 aromatic carbocycles. The first kappa shape index (κ1) is 14.0. The van der Waals surface area contributed by atoms with Gasteiger partial charge < -0.3 is 5.32 Å². The average Bonchev–Trinajstić information content (AvgIpc) is 2.84. The molecule has 1 nitrogen and oxygen atoms in total. The van der Waals surface area contributed by atoms with Crippen LogP contribution >= 0.6 is 11.8 Å². The first-order valence-corrected chi connectivity index (χ1v) is 8.26. The highest BCUT2D eigenvalue weighted by Gasteiger charge is 2.14. The first-order valence-electron chi connectivity index (χ1n) is 7.10. The van der Waals surface area contributed by atoms with E-state index in [4.69, 9.17) is 0 Å². The van der Waals surface area contributed by atoms with E-state index in [9.17, 15) is 0 Å². The molecule has 100 valence electrons. The van der Waals surface area contributed by atoms with E-state index in [2.05, 4.69) is 55.2 Å². The Hall–Kier alpha value is -0.470. The van der Waals surface area contributed by atoms with Gasteiger partial charge in [-0.05, 0) is 53.9 Å². The third-order valence-electron chi connectivity index (χ3n) is 3.45. The van der Waals surface area contributed by atoms with Gasteiger partial charge >= 0.3 is 0 Å². The van der Waals surface area contributed by atoms with Crippen molar-refractivity contribution in [2.75, 3.05) is 18.1 Å². The Morgan fingerprint density at radius 1 is 1.22 bits per heavy atom. The van der Waals surface area contributed by atoms with Crippen molar-refractivity contribution in [2.45, 2.75) is 33.2 Å². The lowest BCUT2D eigenvalue weighted by molar-refractivity contribution is 0.523. The number of rotatable bonds is 6. The average molecular weight is 263 g/mol. The molecule has 0 saturated carbocycles. The van der Waals surface area contributed by atoms with Gasteiger partial charge in [0, 0.05) is 6.54 Å². The molecule has 0 spiro atoms. The van der Waals surface area contributed by atoms with Crippen molar-refractivity contribution in [3.05, 3.63) is 35.4 Å². The molecule has 1 atom stereocenters. The van der Waals surface area contributed by atoms with E-state index in [0.29, 0.717) is 0 Å². The van der Waals surface area contributed by atoms with Gasteiger partial charge in [-0.15, -0.1) is 0 Å². The topological polar surface area (TPSA) is 12.0 Å². The van der Waals surface area contributed by atoms with Crippen LogP contribution in [0, 0.1) is 11.8 Å². The molecular formula is C16H25NS. The van der Waals surface area contributed by atoms with Gasteiger partial charge in [0.2, 0.25) is 0 Å². The SMILES string of the molecule is CC(C)Cc1ccc(CNCC2CCSC2)cc1. The fourth-order valence-corrected chi connectivity index (χ4v) is 3.71. The van der Waals surface area contributed by atoms with Crippen molar-refractivity contribution in [3.8, 4) is 0 Å². The molecule has 1 heterocycles. The summed E-state index contributed by atoms with van der Waals surface area (Å²) in [6.07, 6.45) is 2.58. The van der Waals surface area contributed by atoms with Gasteiger partial charge in [0.05, 0.1) is 0 Å². The molecular weight excluding hydrogens is 238 g/mol. The van der Waals surface area contributed by atoms with Gasteiger partial charge in [-0.3, -0.25) is 0 Å². The third kappa shape index (κ3) is 4.66. The summed E-state index contributed by atoms with van der Waals surface area (Å²) < 4.78 is 0. The van der Waals surface area contributed by atoms with Crippen molar-refractivity contribution in [1.29, 1.82) is 0 Å². The Morgan fingerprint density at radius 2 is 1.94 bits per heavy atom. The predicted molar refractivity (Wildman–Crippen MR) is 82.1 cm³/mol. The molecule has 1 aliphatic rings. The second-order valence-electron chi connectivity index (χ2n) is 5.77. The molecule has 1 fully saturated rings. The first-order chi connectivity index (χ1) is 8.74. The summed E-state index contributed by atoms with van der Waals surface area (Å²) in [6, 6.07) is 9.10. The van der Waals surface area contributed by atoms with Crippen LogP contribution in [-0.4, -0.2) is 18.1 Å². The largest absolute Gasteiger partial charge is 0.312 e. The maximum Gasteiger partial charge on any atom is 0.0205 e. The molecule has 1 N–H and O–H groups in total. The lowest BCUT2D eigenvalue weighted by atomic mass is 10.0. The fraction of sp³-hybridized carbons (Fsp3) is 0.625. The summed E-state index contributed by atoms with van der Waals surface area (Å²) in [7, 11) is 0. The lowest BCUT2D eigenvalue weighted by Gasteiger charge is -2.10. The fourth-order valence-electron chi connectivity index (χ4n) is 2.43. The van der Waals surface area contributed by atoms with E-state index in [1.54, 1.807) is 0 Å². The molecule has 2 rings (SSSR count). The van der Waals surface area contributed by atoms with Crippen LogP contribution in [-0.2, 0) is 13.0 Å². The van der Waals surface area contributed by atoms with E-state index in [1.807, 2.05) is 0 Å². The van der Waals surface area contributed by atoms with Crippen LogP contribution in [0.4, 0.5) is 0 Å². The maximum absolute atomic E-state index is 3.59. The molecule has 0 aliphatic carbocycles. The van der Waals surface area contributed by atoms with E-state index in [0.717, 1.165) is 18.4 Å². The van der Waals surface area contributed by atoms with Gasteiger partial charge in [0.25, 0.3) is 0 Å². The molecule has 0 bridgehead atoms. The number of nitrogens with one attached hydrogen (secondary N) is 1. The zero-order chi connectivity index (χ0) is 12.8. The van der Waals surface area contributed by atoms with Crippen LogP contribution in [0.1, 0.15) is 31.4 Å². The standard InChI is InChI=1S/C16H25NS/c1-13(2)9-14-3-5-15(6-4-14)10-17-11-16-7-8-18-12-16/h3-6,13,16-17H,7-12H2,1-2H3.